The Balaban J connectivity index is 1.59. The van der Waals surface area contributed by atoms with Gasteiger partial charge in [0.05, 0.1) is 11.3 Å². The topological polar surface area (TPSA) is 77.5 Å². The van der Waals surface area contributed by atoms with Gasteiger partial charge in [-0.3, -0.25) is 0 Å². The normalized spacial score (nSPS) is 20.1. The Labute approximate surface area is 130 Å². The summed E-state index contributed by atoms with van der Waals surface area (Å²) in [5.74, 6) is 0.828. The Morgan fingerprint density at radius 1 is 1.27 bits per heavy atom. The molecule has 2 amide bonds. The number of pyridine rings is 1. The molecular formula is C16H24N4O2. The number of urea groups is 1. The Morgan fingerprint density at radius 2 is 2.00 bits per heavy atom. The summed E-state index contributed by atoms with van der Waals surface area (Å²) in [6, 6.07) is 3.40. The van der Waals surface area contributed by atoms with E-state index in [1.807, 2.05) is 12.1 Å². The molecule has 22 heavy (non-hydrogen) atoms. The van der Waals surface area contributed by atoms with E-state index in [-0.39, 0.29) is 6.03 Å². The van der Waals surface area contributed by atoms with Gasteiger partial charge in [-0.05, 0) is 37.8 Å². The zero-order chi connectivity index (χ0) is 15.4. The average Bonchev–Trinajstić information content (AvgIpc) is 3.18. The molecule has 1 aromatic rings. The number of amides is 2. The summed E-state index contributed by atoms with van der Waals surface area (Å²) >= 11 is 0. The van der Waals surface area contributed by atoms with Gasteiger partial charge in [-0.25, -0.2) is 9.78 Å². The maximum atomic E-state index is 12.1. The number of hydrogen-bond acceptors (Lipinski definition) is 4. The highest BCUT2D eigenvalue weighted by Crippen LogP contribution is 2.29. The molecule has 1 aromatic heterocycles. The van der Waals surface area contributed by atoms with Crippen molar-refractivity contribution in [1.82, 2.24) is 10.3 Å². The van der Waals surface area contributed by atoms with Gasteiger partial charge >= 0.3 is 6.03 Å². The summed E-state index contributed by atoms with van der Waals surface area (Å²) in [6.45, 7) is 2.26. The number of aromatic nitrogens is 1. The molecule has 2 heterocycles. The fraction of sp³-hybridized carbons (Fsp3) is 0.625. The fourth-order valence-electron chi connectivity index (χ4n) is 3.30. The highest BCUT2D eigenvalue weighted by atomic mass is 16.3. The third-order valence-corrected chi connectivity index (χ3v) is 4.55. The van der Waals surface area contributed by atoms with Gasteiger partial charge in [0.1, 0.15) is 0 Å². The van der Waals surface area contributed by atoms with Crippen molar-refractivity contribution in [3.05, 3.63) is 18.3 Å². The third kappa shape index (κ3) is 3.50. The number of carbonyl (C=O) groups is 1. The van der Waals surface area contributed by atoms with E-state index in [0.717, 1.165) is 63.1 Å². The van der Waals surface area contributed by atoms with Crippen molar-refractivity contribution in [2.45, 2.75) is 44.1 Å². The second kappa shape index (κ2) is 6.52. The summed E-state index contributed by atoms with van der Waals surface area (Å²) in [5, 5.41) is 15.9. The van der Waals surface area contributed by atoms with Crippen molar-refractivity contribution in [3.63, 3.8) is 0 Å². The molecule has 3 rings (SSSR count). The lowest BCUT2D eigenvalue weighted by molar-refractivity contribution is 0.0506. The molecular weight excluding hydrogens is 280 g/mol. The van der Waals surface area contributed by atoms with Gasteiger partial charge in [-0.2, -0.15) is 0 Å². The lowest BCUT2D eigenvalue weighted by Gasteiger charge is -2.23. The molecule has 6 nitrogen and oxygen atoms in total. The van der Waals surface area contributed by atoms with Gasteiger partial charge in [0.15, 0.2) is 5.82 Å². The predicted molar refractivity (Wildman–Crippen MR) is 86.1 cm³/mol. The average molecular weight is 304 g/mol. The monoisotopic (exact) mass is 304 g/mol. The first-order valence-electron chi connectivity index (χ1n) is 8.14. The highest BCUT2D eigenvalue weighted by molar-refractivity contribution is 5.92. The van der Waals surface area contributed by atoms with Crippen LogP contribution >= 0.6 is 0 Å². The van der Waals surface area contributed by atoms with Crippen LogP contribution in [-0.2, 0) is 0 Å². The number of anilines is 2. The van der Waals surface area contributed by atoms with E-state index >= 15 is 0 Å². The van der Waals surface area contributed by atoms with Gasteiger partial charge in [0.25, 0.3) is 0 Å². The molecule has 6 heteroatoms. The van der Waals surface area contributed by atoms with Gasteiger partial charge in [-0.15, -0.1) is 0 Å². The number of carbonyl (C=O) groups excluding carboxylic acids is 1. The smallest absolute Gasteiger partial charge is 0.319 e. The number of rotatable bonds is 4. The Hall–Kier alpha value is -1.82. The molecule has 0 spiro atoms. The molecule has 0 bridgehead atoms. The van der Waals surface area contributed by atoms with E-state index in [1.165, 1.54) is 0 Å². The van der Waals surface area contributed by atoms with Gasteiger partial charge in [0.2, 0.25) is 0 Å². The summed E-state index contributed by atoms with van der Waals surface area (Å²) in [7, 11) is 0. The fourth-order valence-corrected chi connectivity index (χ4v) is 3.30. The molecule has 0 atom stereocenters. The molecule has 1 saturated heterocycles. The van der Waals surface area contributed by atoms with Crippen molar-refractivity contribution in [2.75, 3.05) is 29.9 Å². The zero-order valence-electron chi connectivity index (χ0n) is 12.8. The minimum atomic E-state index is -0.732. The van der Waals surface area contributed by atoms with Crippen LogP contribution in [0, 0.1) is 0 Å². The van der Waals surface area contributed by atoms with E-state index in [0.29, 0.717) is 6.54 Å². The highest BCUT2D eigenvalue weighted by Gasteiger charge is 2.31. The van der Waals surface area contributed by atoms with E-state index in [2.05, 4.69) is 20.5 Å². The largest absolute Gasteiger partial charge is 0.388 e. The molecule has 2 aliphatic rings. The molecule has 3 N–H and O–H groups in total. The molecule has 1 aliphatic carbocycles. The minimum absolute atomic E-state index is 0.284. The maximum Gasteiger partial charge on any atom is 0.319 e. The summed E-state index contributed by atoms with van der Waals surface area (Å²) in [5.41, 5.74) is -0.00957. The first-order valence-corrected chi connectivity index (χ1v) is 8.14. The van der Waals surface area contributed by atoms with Gasteiger partial charge < -0.3 is 20.6 Å². The van der Waals surface area contributed by atoms with Crippen molar-refractivity contribution >= 4 is 17.5 Å². The molecule has 0 aromatic carbocycles. The Kier molecular flexibility index (Phi) is 4.47. The quantitative estimate of drug-likeness (QED) is 0.796. The molecule has 2 fully saturated rings. The zero-order valence-corrected chi connectivity index (χ0v) is 12.8. The molecule has 0 unspecified atom stereocenters. The van der Waals surface area contributed by atoms with Crippen LogP contribution in [0.1, 0.15) is 38.5 Å². The lowest BCUT2D eigenvalue weighted by atomic mass is 10.0. The van der Waals surface area contributed by atoms with E-state index < -0.39 is 5.60 Å². The van der Waals surface area contributed by atoms with Crippen molar-refractivity contribution in [2.24, 2.45) is 0 Å². The first-order chi connectivity index (χ1) is 10.7. The lowest BCUT2D eigenvalue weighted by Crippen LogP contribution is -2.42. The van der Waals surface area contributed by atoms with Crippen LogP contribution in [0.4, 0.5) is 16.3 Å². The summed E-state index contributed by atoms with van der Waals surface area (Å²) in [6.07, 6.45) is 7.66. The Morgan fingerprint density at radius 3 is 2.73 bits per heavy atom. The van der Waals surface area contributed by atoms with Crippen LogP contribution in [0.2, 0.25) is 0 Å². The second-order valence-electron chi connectivity index (χ2n) is 6.31. The number of nitrogens with zero attached hydrogens (tertiary/aromatic N) is 2. The molecule has 1 saturated carbocycles. The van der Waals surface area contributed by atoms with Crippen LogP contribution in [0.3, 0.4) is 0 Å². The maximum absolute atomic E-state index is 12.1. The third-order valence-electron chi connectivity index (χ3n) is 4.55. The van der Waals surface area contributed by atoms with Crippen LogP contribution in [-0.4, -0.2) is 41.4 Å². The van der Waals surface area contributed by atoms with Crippen molar-refractivity contribution < 1.29 is 9.90 Å². The molecule has 1 aliphatic heterocycles. The second-order valence-corrected chi connectivity index (χ2v) is 6.31. The first kappa shape index (κ1) is 15.1. The number of aliphatic hydroxyl groups is 1. The SMILES string of the molecule is O=C(NCC1(O)CCCC1)Nc1cccnc1N1CCCC1. The summed E-state index contributed by atoms with van der Waals surface area (Å²) in [4.78, 5) is 18.7. The van der Waals surface area contributed by atoms with Gasteiger partial charge in [-0.1, -0.05) is 12.8 Å². The van der Waals surface area contributed by atoms with Crippen LogP contribution in [0.25, 0.3) is 0 Å². The van der Waals surface area contributed by atoms with Crippen LogP contribution in [0.5, 0.6) is 0 Å². The van der Waals surface area contributed by atoms with Gasteiger partial charge in [0, 0.05) is 25.8 Å². The summed E-state index contributed by atoms with van der Waals surface area (Å²) < 4.78 is 0. The number of nitrogens with one attached hydrogen (secondary N) is 2. The van der Waals surface area contributed by atoms with Crippen molar-refractivity contribution in [1.29, 1.82) is 0 Å². The van der Waals surface area contributed by atoms with Crippen molar-refractivity contribution in [3.8, 4) is 0 Å². The minimum Gasteiger partial charge on any atom is -0.388 e. The van der Waals surface area contributed by atoms with E-state index in [1.54, 1.807) is 6.20 Å². The molecule has 120 valence electrons. The Bertz CT molecular complexity index is 523. The number of hydrogen-bond donors (Lipinski definition) is 3. The predicted octanol–water partition coefficient (Wildman–Crippen LogP) is 2.11. The molecule has 0 radical (unpaired) electrons. The standard InChI is InChI=1S/C16H24N4O2/c21-15(18-12-16(22)7-1-2-8-16)19-13-6-5-9-17-14(13)20-10-3-4-11-20/h5-6,9,22H,1-4,7-8,10-12H2,(H2,18,19,21). The van der Waals surface area contributed by atoms with E-state index in [9.17, 15) is 9.90 Å². The van der Waals surface area contributed by atoms with E-state index in [4.69, 9.17) is 0 Å². The van der Waals surface area contributed by atoms with Crippen LogP contribution < -0.4 is 15.5 Å². The van der Waals surface area contributed by atoms with Crippen LogP contribution in [0.15, 0.2) is 18.3 Å².